The van der Waals surface area contributed by atoms with Crippen molar-refractivity contribution in [2.24, 2.45) is 0 Å². The lowest BCUT2D eigenvalue weighted by molar-refractivity contribution is 0.165. The maximum Gasteiger partial charge on any atom is 0.264 e. The van der Waals surface area contributed by atoms with Crippen LogP contribution < -0.4 is 21.5 Å². The van der Waals surface area contributed by atoms with Crippen molar-refractivity contribution in [3.05, 3.63) is 70.0 Å². The van der Waals surface area contributed by atoms with E-state index < -0.39 is 6.10 Å². The van der Waals surface area contributed by atoms with Crippen LogP contribution in [0.15, 0.2) is 53.3 Å². The monoisotopic (exact) mass is 474 g/mol. The van der Waals surface area contributed by atoms with Crippen LogP contribution in [0.25, 0.3) is 20.8 Å². The number of nitrogens with one attached hydrogen (secondary N) is 4. The van der Waals surface area contributed by atoms with Crippen molar-refractivity contribution in [1.82, 2.24) is 20.3 Å². The molecule has 4 aromatic rings. The van der Waals surface area contributed by atoms with E-state index >= 15 is 0 Å². The highest BCUT2D eigenvalue weighted by molar-refractivity contribution is 7.21. The molecule has 6 rings (SSSR count). The van der Waals surface area contributed by atoms with Gasteiger partial charge in [-0.2, -0.15) is 4.98 Å². The van der Waals surface area contributed by atoms with E-state index in [1.165, 1.54) is 11.3 Å². The molecule has 1 aliphatic carbocycles. The van der Waals surface area contributed by atoms with Gasteiger partial charge in [0.2, 0.25) is 5.95 Å². The number of nitrogens with zero attached hydrogens (tertiary/aromatic N) is 2. The lowest BCUT2D eigenvalue weighted by Crippen LogP contribution is -2.39. The minimum absolute atomic E-state index is 0.168. The summed E-state index contributed by atoms with van der Waals surface area (Å²) in [6.45, 7) is 1.81. The number of hydrogen-bond donors (Lipinski definition) is 5. The highest BCUT2D eigenvalue weighted by Crippen LogP contribution is 2.35. The van der Waals surface area contributed by atoms with Crippen molar-refractivity contribution in [2.75, 3.05) is 23.7 Å². The molecule has 3 heterocycles. The van der Waals surface area contributed by atoms with Gasteiger partial charge in [-0.25, -0.2) is 4.98 Å². The molecule has 2 aromatic carbocycles. The number of aliphatic hydroxyl groups excluding tert-OH is 1. The van der Waals surface area contributed by atoms with Gasteiger partial charge in [0.15, 0.2) is 0 Å². The van der Waals surface area contributed by atoms with E-state index in [2.05, 4.69) is 20.9 Å². The zero-order chi connectivity index (χ0) is 23.1. The van der Waals surface area contributed by atoms with Crippen LogP contribution in [0, 0.1) is 0 Å². The van der Waals surface area contributed by atoms with E-state index in [-0.39, 0.29) is 17.6 Å². The molecule has 0 radical (unpaired) electrons. The maximum atomic E-state index is 13.4. The summed E-state index contributed by atoms with van der Waals surface area (Å²) < 4.78 is 1.02. The van der Waals surface area contributed by atoms with Crippen LogP contribution in [0.2, 0.25) is 0 Å². The number of benzene rings is 2. The Balaban J connectivity index is 1.40. The predicted molar refractivity (Wildman–Crippen MR) is 136 cm³/mol. The van der Waals surface area contributed by atoms with Gasteiger partial charge in [-0.3, -0.25) is 9.78 Å². The van der Waals surface area contributed by atoms with Crippen LogP contribution in [-0.4, -0.2) is 45.3 Å². The Morgan fingerprint density at radius 3 is 2.76 bits per heavy atom. The lowest BCUT2D eigenvalue weighted by Gasteiger charge is -2.25. The van der Waals surface area contributed by atoms with Crippen molar-refractivity contribution >= 4 is 33.3 Å². The molecular weight excluding hydrogens is 448 g/mol. The number of H-pyrrole nitrogens is 1. The summed E-state index contributed by atoms with van der Waals surface area (Å²) in [4.78, 5) is 25.8. The number of thiazole rings is 1. The fourth-order valence-corrected chi connectivity index (χ4v) is 5.90. The van der Waals surface area contributed by atoms with Gasteiger partial charge < -0.3 is 21.1 Å². The quantitative estimate of drug-likeness (QED) is 0.302. The second-order valence-electron chi connectivity index (χ2n) is 8.90. The maximum absolute atomic E-state index is 13.4. The van der Waals surface area contributed by atoms with E-state index in [0.717, 1.165) is 47.3 Å². The van der Waals surface area contributed by atoms with Crippen molar-refractivity contribution in [3.8, 4) is 10.6 Å². The number of aromatic amines is 1. The molecule has 1 aliphatic heterocycles. The number of hydrogen-bond acceptors (Lipinski definition) is 8. The van der Waals surface area contributed by atoms with Crippen molar-refractivity contribution < 1.29 is 5.11 Å². The Kier molecular flexibility index (Phi) is 5.52. The number of para-hydroxylation sites is 1. The van der Waals surface area contributed by atoms with Gasteiger partial charge in [0.1, 0.15) is 16.4 Å². The molecule has 1 unspecified atom stereocenters. The first-order valence-corrected chi connectivity index (χ1v) is 12.5. The first-order valence-electron chi connectivity index (χ1n) is 11.7. The third-order valence-electron chi connectivity index (χ3n) is 6.56. The molecule has 0 saturated carbocycles. The standard InChI is InChI=1S/C25H26N6O2S/c32-18-12-14-6-1-2-8-16(14)21(18)29-25-30-22(27-15-7-5-11-26-13-15)20(23(33)31-25)24-28-17-9-3-4-10-19(17)34-24/h1-4,6,8-10,15,18,21,26,32H,5,7,11-13H2,(H3,27,29,30,31,33)/t15-,18+,21?/m1/s1. The topological polar surface area (TPSA) is 115 Å². The Morgan fingerprint density at radius 2 is 1.91 bits per heavy atom. The summed E-state index contributed by atoms with van der Waals surface area (Å²) in [5, 5.41) is 21.5. The van der Waals surface area contributed by atoms with Crippen molar-refractivity contribution in [1.29, 1.82) is 0 Å². The summed E-state index contributed by atoms with van der Waals surface area (Å²) in [6, 6.07) is 15.7. The van der Waals surface area contributed by atoms with Crippen molar-refractivity contribution in [3.63, 3.8) is 0 Å². The predicted octanol–water partition coefficient (Wildman–Crippen LogP) is 3.28. The highest BCUT2D eigenvalue weighted by Gasteiger charge is 2.31. The van der Waals surface area contributed by atoms with Crippen LogP contribution in [0.4, 0.5) is 11.8 Å². The first kappa shape index (κ1) is 21.3. The van der Waals surface area contributed by atoms with Gasteiger partial charge in [0.25, 0.3) is 5.56 Å². The number of anilines is 2. The van der Waals surface area contributed by atoms with Crippen LogP contribution in [0.1, 0.15) is 30.0 Å². The molecule has 2 aromatic heterocycles. The molecule has 0 amide bonds. The third-order valence-corrected chi connectivity index (χ3v) is 7.61. The molecule has 5 N–H and O–H groups in total. The van der Waals surface area contributed by atoms with E-state index in [4.69, 9.17) is 9.97 Å². The summed E-state index contributed by atoms with van der Waals surface area (Å²) in [5.41, 5.74) is 3.18. The Labute approximate surface area is 200 Å². The highest BCUT2D eigenvalue weighted by atomic mass is 32.1. The van der Waals surface area contributed by atoms with Crippen LogP contribution in [0.5, 0.6) is 0 Å². The molecule has 2 aliphatic rings. The van der Waals surface area contributed by atoms with E-state index in [1.807, 2.05) is 48.5 Å². The molecule has 0 spiro atoms. The lowest BCUT2D eigenvalue weighted by atomic mass is 10.1. The zero-order valence-electron chi connectivity index (χ0n) is 18.5. The van der Waals surface area contributed by atoms with E-state index in [9.17, 15) is 9.90 Å². The molecule has 8 nitrogen and oxygen atoms in total. The minimum atomic E-state index is -0.592. The molecule has 1 fully saturated rings. The Morgan fingerprint density at radius 1 is 1.06 bits per heavy atom. The summed E-state index contributed by atoms with van der Waals surface area (Å²) in [7, 11) is 0. The van der Waals surface area contributed by atoms with Gasteiger partial charge in [0.05, 0.1) is 22.4 Å². The van der Waals surface area contributed by atoms with Crippen LogP contribution in [-0.2, 0) is 6.42 Å². The molecule has 9 heteroatoms. The summed E-state index contributed by atoms with van der Waals surface area (Å²) >= 11 is 1.48. The zero-order valence-corrected chi connectivity index (χ0v) is 19.4. The Hall–Kier alpha value is -3.27. The third kappa shape index (κ3) is 3.96. The van der Waals surface area contributed by atoms with Crippen LogP contribution >= 0.6 is 11.3 Å². The van der Waals surface area contributed by atoms with Gasteiger partial charge in [-0.15, -0.1) is 11.3 Å². The average Bonchev–Trinajstić information content (AvgIpc) is 3.40. The van der Waals surface area contributed by atoms with Crippen LogP contribution in [0.3, 0.4) is 0 Å². The smallest absolute Gasteiger partial charge is 0.264 e. The van der Waals surface area contributed by atoms with Gasteiger partial charge in [-0.1, -0.05) is 36.4 Å². The number of fused-ring (bicyclic) bond motifs is 2. The van der Waals surface area contributed by atoms with E-state index in [0.29, 0.717) is 28.8 Å². The number of rotatable bonds is 5. The second-order valence-corrected chi connectivity index (χ2v) is 9.94. The largest absolute Gasteiger partial charge is 0.390 e. The molecular formula is C25H26N6O2S. The molecule has 3 atom stereocenters. The number of aliphatic hydroxyl groups is 1. The molecule has 34 heavy (non-hydrogen) atoms. The number of aromatic nitrogens is 3. The van der Waals surface area contributed by atoms with Gasteiger partial charge >= 0.3 is 0 Å². The molecule has 174 valence electrons. The van der Waals surface area contributed by atoms with E-state index in [1.54, 1.807) is 0 Å². The molecule has 1 saturated heterocycles. The normalized spacial score (nSPS) is 22.0. The first-order chi connectivity index (χ1) is 16.7. The van der Waals surface area contributed by atoms with Gasteiger partial charge in [0, 0.05) is 19.0 Å². The summed E-state index contributed by atoms with van der Waals surface area (Å²) in [5.74, 6) is 0.849. The molecule has 0 bridgehead atoms. The number of piperidine rings is 1. The second kappa shape index (κ2) is 8.83. The Bertz CT molecular complexity index is 1360. The summed E-state index contributed by atoms with van der Waals surface area (Å²) in [6.07, 6.45) is 2.04. The van der Waals surface area contributed by atoms with Crippen molar-refractivity contribution in [2.45, 2.75) is 37.5 Å². The minimum Gasteiger partial charge on any atom is -0.390 e. The van der Waals surface area contributed by atoms with Gasteiger partial charge in [-0.05, 0) is 42.6 Å². The fourth-order valence-electron chi connectivity index (χ4n) is 4.89. The average molecular weight is 475 g/mol. The fraction of sp³-hybridized carbons (Fsp3) is 0.320. The SMILES string of the molecule is O=c1[nH]c(NC2c3ccccc3C[C@@H]2O)nc(N[C@@H]2CCCNC2)c1-c1nc2ccccc2s1.